The Morgan fingerprint density at radius 2 is 1.65 bits per heavy atom. The zero-order valence-electron chi connectivity index (χ0n) is 18.9. The molecule has 1 saturated heterocycles. The Morgan fingerprint density at radius 3 is 2.29 bits per heavy atom. The molecule has 1 heterocycles. The highest BCUT2D eigenvalue weighted by molar-refractivity contribution is 6.92. The van der Waals surface area contributed by atoms with Crippen LogP contribution >= 0.6 is 0 Å². The summed E-state index contributed by atoms with van der Waals surface area (Å²) in [5, 5.41) is 1.69. The molecule has 2 aromatic carbocycles. The molecule has 0 saturated carbocycles. The quantitative estimate of drug-likeness (QED) is 0.302. The van der Waals surface area contributed by atoms with Gasteiger partial charge in [-0.3, -0.25) is 0 Å². The standard InChI is InChI=1S/C28H36F2Si/c1-2-3-7-18-31(26-8-5-4-6-9-26)19-16-24(17-20-31)22-10-12-23(13-11-22)25-14-15-27(29)28(30)21-25/h4-6,8-9,12,14-15,21-22,24H,2-3,7,10-11,13,16-20H2,1H3. The molecule has 4 rings (SSSR count). The van der Waals surface area contributed by atoms with Gasteiger partial charge in [0.1, 0.15) is 0 Å². The van der Waals surface area contributed by atoms with Crippen LogP contribution < -0.4 is 5.19 Å². The van der Waals surface area contributed by atoms with E-state index in [-0.39, 0.29) is 0 Å². The van der Waals surface area contributed by atoms with Gasteiger partial charge in [-0.15, -0.1) is 0 Å². The van der Waals surface area contributed by atoms with Crippen molar-refractivity contribution in [1.82, 2.24) is 0 Å². The van der Waals surface area contributed by atoms with Crippen LogP contribution in [0.4, 0.5) is 8.78 Å². The fourth-order valence-corrected chi connectivity index (χ4v) is 11.4. The zero-order chi connectivity index (χ0) is 21.7. The van der Waals surface area contributed by atoms with Crippen molar-refractivity contribution < 1.29 is 8.78 Å². The van der Waals surface area contributed by atoms with Crippen LogP contribution in [0.1, 0.15) is 63.9 Å². The van der Waals surface area contributed by atoms with Gasteiger partial charge in [0.15, 0.2) is 11.6 Å². The summed E-state index contributed by atoms with van der Waals surface area (Å²) in [4.78, 5) is 0. The van der Waals surface area contributed by atoms with Crippen LogP contribution in [0, 0.1) is 23.5 Å². The smallest absolute Gasteiger partial charge is 0.159 e. The van der Waals surface area contributed by atoms with Gasteiger partial charge in [0.25, 0.3) is 0 Å². The van der Waals surface area contributed by atoms with Crippen LogP contribution in [-0.2, 0) is 0 Å². The summed E-state index contributed by atoms with van der Waals surface area (Å²) in [7, 11) is -1.37. The minimum atomic E-state index is -1.37. The van der Waals surface area contributed by atoms with E-state index in [1.807, 2.05) is 0 Å². The fourth-order valence-electron chi connectivity index (χ4n) is 6.09. The van der Waals surface area contributed by atoms with E-state index < -0.39 is 19.7 Å². The van der Waals surface area contributed by atoms with Crippen molar-refractivity contribution in [2.24, 2.45) is 11.8 Å². The van der Waals surface area contributed by atoms with Gasteiger partial charge in [-0.2, -0.15) is 0 Å². The molecule has 0 spiro atoms. The highest BCUT2D eigenvalue weighted by Gasteiger charge is 2.40. The predicted molar refractivity (Wildman–Crippen MR) is 130 cm³/mol. The van der Waals surface area contributed by atoms with Crippen LogP contribution in [0.5, 0.6) is 0 Å². The Hall–Kier alpha value is -1.74. The number of hydrogen-bond acceptors (Lipinski definition) is 0. The molecule has 0 radical (unpaired) electrons. The molecule has 0 N–H and O–H groups in total. The van der Waals surface area contributed by atoms with Crippen LogP contribution in [-0.4, -0.2) is 8.07 Å². The van der Waals surface area contributed by atoms with Gasteiger partial charge in [-0.25, -0.2) is 8.78 Å². The number of unbranched alkanes of at least 4 members (excludes halogenated alkanes) is 2. The van der Waals surface area contributed by atoms with E-state index in [2.05, 4.69) is 43.3 Å². The second kappa shape index (κ2) is 10.2. The number of halogens is 2. The summed E-state index contributed by atoms with van der Waals surface area (Å²) < 4.78 is 26.9. The number of allylic oxidation sites excluding steroid dienone is 2. The molecule has 2 aromatic rings. The van der Waals surface area contributed by atoms with Crippen molar-refractivity contribution in [1.29, 1.82) is 0 Å². The van der Waals surface area contributed by atoms with E-state index in [9.17, 15) is 8.78 Å². The average Bonchev–Trinajstić information content (AvgIpc) is 2.82. The molecule has 0 nitrogen and oxygen atoms in total. The van der Waals surface area contributed by atoms with E-state index in [1.165, 1.54) is 74.4 Å². The number of rotatable bonds is 7. The second-order valence-corrected chi connectivity index (χ2v) is 14.5. The maximum Gasteiger partial charge on any atom is 0.159 e. The molecular formula is C28H36F2Si. The Bertz CT molecular complexity index is 881. The van der Waals surface area contributed by atoms with Crippen LogP contribution in [0.3, 0.4) is 0 Å². The third kappa shape index (κ3) is 5.19. The molecule has 31 heavy (non-hydrogen) atoms. The topological polar surface area (TPSA) is 0 Å². The maximum absolute atomic E-state index is 13.6. The average molecular weight is 439 g/mol. The summed E-state index contributed by atoms with van der Waals surface area (Å²) in [6, 6.07) is 20.1. The molecule has 1 unspecified atom stereocenters. The molecule has 1 fully saturated rings. The van der Waals surface area contributed by atoms with Crippen molar-refractivity contribution in [3.8, 4) is 0 Å². The molecule has 1 aliphatic heterocycles. The van der Waals surface area contributed by atoms with Crippen LogP contribution in [0.2, 0.25) is 18.1 Å². The Kier molecular flexibility index (Phi) is 7.42. The van der Waals surface area contributed by atoms with Crippen LogP contribution in [0.25, 0.3) is 5.57 Å². The lowest BCUT2D eigenvalue weighted by atomic mass is 9.77. The maximum atomic E-state index is 13.6. The predicted octanol–water partition coefficient (Wildman–Crippen LogP) is 8.10. The first-order valence-electron chi connectivity index (χ1n) is 12.3. The van der Waals surface area contributed by atoms with Crippen LogP contribution in [0.15, 0.2) is 54.6 Å². The minimum Gasteiger partial charge on any atom is -0.204 e. The van der Waals surface area contributed by atoms with Crippen molar-refractivity contribution >= 4 is 18.8 Å². The summed E-state index contributed by atoms with van der Waals surface area (Å²) in [5.74, 6) is 0.0917. The molecule has 0 aromatic heterocycles. The first-order valence-corrected chi connectivity index (χ1v) is 14.9. The Balaban J connectivity index is 1.39. The van der Waals surface area contributed by atoms with Gasteiger partial charge < -0.3 is 0 Å². The first kappa shape index (κ1) is 22.5. The summed E-state index contributed by atoms with van der Waals surface area (Å²) in [6.07, 6.45) is 12.4. The SMILES string of the molecule is CCCCC[Si]1(c2ccccc2)CCC(C2CC=C(c3ccc(F)c(F)c3)CC2)CC1. The number of hydrogen-bond donors (Lipinski definition) is 0. The van der Waals surface area contributed by atoms with Crippen molar-refractivity contribution in [2.75, 3.05) is 0 Å². The third-order valence-corrected chi connectivity index (χ3v) is 13.4. The van der Waals surface area contributed by atoms with Crippen molar-refractivity contribution in [3.63, 3.8) is 0 Å². The number of benzene rings is 2. The molecule has 1 atom stereocenters. The largest absolute Gasteiger partial charge is 0.204 e. The van der Waals surface area contributed by atoms with Gasteiger partial charge in [-0.1, -0.05) is 105 Å². The molecular weight excluding hydrogens is 402 g/mol. The van der Waals surface area contributed by atoms with E-state index >= 15 is 0 Å². The van der Waals surface area contributed by atoms with E-state index in [0.717, 1.165) is 30.2 Å². The van der Waals surface area contributed by atoms with E-state index in [1.54, 1.807) is 11.3 Å². The molecule has 2 aliphatic rings. The highest BCUT2D eigenvalue weighted by Crippen LogP contribution is 2.44. The van der Waals surface area contributed by atoms with Gasteiger partial charge in [-0.05, 0) is 54.4 Å². The van der Waals surface area contributed by atoms with E-state index in [4.69, 9.17) is 0 Å². The van der Waals surface area contributed by atoms with Gasteiger partial charge in [0.2, 0.25) is 0 Å². The van der Waals surface area contributed by atoms with Gasteiger partial charge >= 0.3 is 0 Å². The third-order valence-electron chi connectivity index (χ3n) is 8.04. The lowest BCUT2D eigenvalue weighted by molar-refractivity contribution is 0.284. The zero-order valence-corrected chi connectivity index (χ0v) is 19.9. The fraction of sp³-hybridized carbons (Fsp3) is 0.500. The summed E-state index contributed by atoms with van der Waals surface area (Å²) in [5.41, 5.74) is 2.05. The lowest BCUT2D eigenvalue weighted by Crippen LogP contribution is -2.50. The van der Waals surface area contributed by atoms with E-state index in [0.29, 0.717) is 0 Å². The minimum absolute atomic E-state index is 0.738. The molecule has 166 valence electrons. The molecule has 1 aliphatic carbocycles. The van der Waals surface area contributed by atoms with Crippen molar-refractivity contribution in [3.05, 3.63) is 71.8 Å². The first-order chi connectivity index (χ1) is 15.1. The summed E-state index contributed by atoms with van der Waals surface area (Å²) >= 11 is 0. The Labute approximate surface area is 187 Å². The molecule has 0 bridgehead atoms. The molecule has 0 amide bonds. The summed E-state index contributed by atoms with van der Waals surface area (Å²) in [6.45, 7) is 2.30. The second-order valence-electron chi connectivity index (χ2n) is 9.83. The molecule has 3 heteroatoms. The monoisotopic (exact) mass is 438 g/mol. The normalized spacial score (nSPS) is 26.5. The Morgan fingerprint density at radius 1 is 0.871 bits per heavy atom. The van der Waals surface area contributed by atoms with Crippen molar-refractivity contribution in [2.45, 2.75) is 76.4 Å². The van der Waals surface area contributed by atoms with Gasteiger partial charge in [0, 0.05) is 0 Å². The van der Waals surface area contributed by atoms with Gasteiger partial charge in [0.05, 0.1) is 8.07 Å². The highest BCUT2D eigenvalue weighted by atomic mass is 28.3. The lowest BCUT2D eigenvalue weighted by Gasteiger charge is -2.42.